The van der Waals surface area contributed by atoms with Crippen molar-refractivity contribution in [1.29, 1.82) is 0 Å². The minimum absolute atomic E-state index is 0.0670. The van der Waals surface area contributed by atoms with Crippen molar-refractivity contribution < 1.29 is 27.8 Å². The van der Waals surface area contributed by atoms with E-state index in [2.05, 4.69) is 10.1 Å². The van der Waals surface area contributed by atoms with Crippen LogP contribution in [0, 0.1) is 0 Å². The Balaban J connectivity index is 1.73. The number of rotatable bonds is 7. The van der Waals surface area contributed by atoms with Crippen molar-refractivity contribution in [2.24, 2.45) is 0 Å². The molecule has 1 N–H and O–H groups in total. The second-order valence-electron chi connectivity index (χ2n) is 5.88. The summed E-state index contributed by atoms with van der Waals surface area (Å²) in [5, 5.41) is 2.82. The number of nitrogens with one attached hydrogen (secondary N) is 1. The van der Waals surface area contributed by atoms with E-state index >= 15 is 0 Å². The van der Waals surface area contributed by atoms with Crippen LogP contribution >= 0.6 is 0 Å². The summed E-state index contributed by atoms with van der Waals surface area (Å²) in [6, 6.07) is 13.9. The second-order valence-corrected chi connectivity index (χ2v) is 5.88. The fraction of sp³-hybridized carbons (Fsp3) is 0.263. The zero-order chi connectivity index (χ0) is 18.5. The number of ether oxygens (including phenoxy) is 2. The maximum Gasteiger partial charge on any atom is 0.387 e. The molecule has 0 aromatic heterocycles. The summed E-state index contributed by atoms with van der Waals surface area (Å²) in [5.41, 5.74) is 0.684. The minimum atomic E-state index is -2.94. The van der Waals surface area contributed by atoms with Crippen LogP contribution < -0.4 is 10.1 Å². The maximum atomic E-state index is 12.4. The van der Waals surface area contributed by atoms with E-state index in [1.165, 1.54) is 24.3 Å². The maximum absolute atomic E-state index is 12.4. The van der Waals surface area contributed by atoms with Gasteiger partial charge in [0.1, 0.15) is 5.75 Å². The third-order valence-electron chi connectivity index (χ3n) is 3.80. The van der Waals surface area contributed by atoms with Gasteiger partial charge in [0.2, 0.25) is 6.10 Å². The van der Waals surface area contributed by atoms with Gasteiger partial charge >= 0.3 is 12.6 Å². The molecule has 136 valence electrons. The quantitative estimate of drug-likeness (QED) is 0.767. The van der Waals surface area contributed by atoms with Crippen LogP contribution in [-0.4, -0.2) is 24.5 Å². The van der Waals surface area contributed by atoms with Gasteiger partial charge in [-0.05, 0) is 37.1 Å². The first-order chi connectivity index (χ1) is 12.5. The van der Waals surface area contributed by atoms with Crippen LogP contribution in [0.1, 0.15) is 34.9 Å². The molecule has 1 fully saturated rings. The summed E-state index contributed by atoms with van der Waals surface area (Å²) in [6.45, 7) is -2.94. The second kappa shape index (κ2) is 7.95. The van der Waals surface area contributed by atoms with Gasteiger partial charge in [-0.1, -0.05) is 30.3 Å². The molecule has 0 bridgehead atoms. The summed E-state index contributed by atoms with van der Waals surface area (Å²) in [5.74, 6) is -1.18. The lowest BCUT2D eigenvalue weighted by molar-refractivity contribution is -0.130. The fourth-order valence-corrected chi connectivity index (χ4v) is 2.35. The van der Waals surface area contributed by atoms with Crippen molar-refractivity contribution in [3.8, 4) is 5.75 Å². The van der Waals surface area contributed by atoms with Gasteiger partial charge in [-0.25, -0.2) is 4.79 Å². The van der Waals surface area contributed by atoms with Crippen LogP contribution in [0.15, 0.2) is 54.6 Å². The Morgan fingerprint density at radius 1 is 1.00 bits per heavy atom. The number of alkyl halides is 2. The molecule has 0 spiro atoms. The average Bonchev–Trinajstić information content (AvgIpc) is 3.44. The summed E-state index contributed by atoms with van der Waals surface area (Å²) in [7, 11) is 0. The summed E-state index contributed by atoms with van der Waals surface area (Å²) < 4.78 is 34.0. The SMILES string of the molecule is O=C(O[C@H](C(=O)NC1CC1)c1ccccc1)c1ccc(OC(F)F)cc1. The van der Waals surface area contributed by atoms with E-state index < -0.39 is 18.7 Å². The van der Waals surface area contributed by atoms with Gasteiger partial charge in [0.05, 0.1) is 5.56 Å². The molecule has 1 aliphatic carbocycles. The predicted molar refractivity (Wildman–Crippen MR) is 88.8 cm³/mol. The molecule has 2 aromatic rings. The van der Waals surface area contributed by atoms with Crippen LogP contribution in [-0.2, 0) is 9.53 Å². The smallest absolute Gasteiger partial charge is 0.387 e. The Hall–Kier alpha value is -2.96. The Morgan fingerprint density at radius 2 is 1.65 bits per heavy atom. The van der Waals surface area contributed by atoms with Crippen molar-refractivity contribution in [2.45, 2.75) is 31.6 Å². The van der Waals surface area contributed by atoms with E-state index in [0.29, 0.717) is 5.56 Å². The number of hydrogen-bond donors (Lipinski definition) is 1. The first-order valence-corrected chi connectivity index (χ1v) is 8.14. The molecular weight excluding hydrogens is 344 g/mol. The van der Waals surface area contributed by atoms with Crippen LogP contribution in [0.3, 0.4) is 0 Å². The Morgan fingerprint density at radius 3 is 2.23 bits per heavy atom. The third-order valence-corrected chi connectivity index (χ3v) is 3.80. The number of carbonyl (C=O) groups excluding carboxylic acids is 2. The first kappa shape index (κ1) is 17.8. The zero-order valence-electron chi connectivity index (χ0n) is 13.7. The Bertz CT molecular complexity index is 761. The molecule has 1 aliphatic rings. The molecule has 1 saturated carbocycles. The number of benzene rings is 2. The molecule has 1 atom stereocenters. The number of esters is 1. The highest BCUT2D eigenvalue weighted by molar-refractivity contribution is 5.93. The van der Waals surface area contributed by atoms with Crippen molar-refractivity contribution in [3.63, 3.8) is 0 Å². The zero-order valence-corrected chi connectivity index (χ0v) is 13.7. The van der Waals surface area contributed by atoms with Gasteiger partial charge in [-0.15, -0.1) is 0 Å². The highest BCUT2D eigenvalue weighted by Gasteiger charge is 2.31. The Labute approximate surface area is 148 Å². The van der Waals surface area contributed by atoms with Crippen LogP contribution in [0.5, 0.6) is 5.75 Å². The molecule has 0 aliphatic heterocycles. The number of amides is 1. The monoisotopic (exact) mass is 361 g/mol. The van der Waals surface area contributed by atoms with Crippen molar-refractivity contribution >= 4 is 11.9 Å². The van der Waals surface area contributed by atoms with Gasteiger partial charge in [-0.2, -0.15) is 8.78 Å². The third kappa shape index (κ3) is 4.78. The van der Waals surface area contributed by atoms with E-state index in [0.717, 1.165) is 12.8 Å². The van der Waals surface area contributed by atoms with Gasteiger partial charge in [-0.3, -0.25) is 4.79 Å². The van der Waals surface area contributed by atoms with Crippen molar-refractivity contribution in [3.05, 3.63) is 65.7 Å². The molecule has 0 saturated heterocycles. The highest BCUT2D eigenvalue weighted by Crippen LogP contribution is 2.24. The van der Waals surface area contributed by atoms with Crippen LogP contribution in [0.4, 0.5) is 8.78 Å². The molecule has 3 rings (SSSR count). The highest BCUT2D eigenvalue weighted by atomic mass is 19.3. The summed E-state index contributed by atoms with van der Waals surface area (Å²) >= 11 is 0. The van der Waals surface area contributed by atoms with Gasteiger partial charge in [0, 0.05) is 11.6 Å². The molecule has 1 amide bonds. The molecular formula is C19H17F2NO4. The summed E-state index contributed by atoms with van der Waals surface area (Å²) in [6.07, 6.45) is 0.737. The lowest BCUT2D eigenvalue weighted by atomic mass is 10.1. The number of halogens is 2. The molecule has 7 heteroatoms. The molecule has 26 heavy (non-hydrogen) atoms. The van der Waals surface area contributed by atoms with E-state index in [1.807, 2.05) is 0 Å². The van der Waals surface area contributed by atoms with E-state index in [-0.39, 0.29) is 23.3 Å². The van der Waals surface area contributed by atoms with Gasteiger partial charge < -0.3 is 14.8 Å². The number of carbonyl (C=O) groups is 2. The first-order valence-electron chi connectivity index (χ1n) is 8.14. The van der Waals surface area contributed by atoms with Crippen molar-refractivity contribution in [1.82, 2.24) is 5.32 Å². The largest absolute Gasteiger partial charge is 0.444 e. The van der Waals surface area contributed by atoms with Crippen molar-refractivity contribution in [2.75, 3.05) is 0 Å². The summed E-state index contributed by atoms with van der Waals surface area (Å²) in [4.78, 5) is 24.8. The van der Waals surface area contributed by atoms with E-state index in [9.17, 15) is 18.4 Å². The number of hydrogen-bond acceptors (Lipinski definition) is 4. The molecule has 0 radical (unpaired) electrons. The molecule has 0 unspecified atom stereocenters. The van der Waals surface area contributed by atoms with Crippen LogP contribution in [0.2, 0.25) is 0 Å². The lowest BCUT2D eigenvalue weighted by Crippen LogP contribution is -2.33. The minimum Gasteiger partial charge on any atom is -0.444 e. The normalized spacial score (nSPS) is 14.6. The fourth-order valence-electron chi connectivity index (χ4n) is 2.35. The average molecular weight is 361 g/mol. The van der Waals surface area contributed by atoms with E-state index in [1.54, 1.807) is 30.3 Å². The van der Waals surface area contributed by atoms with Gasteiger partial charge in [0.15, 0.2) is 0 Å². The van der Waals surface area contributed by atoms with Gasteiger partial charge in [0.25, 0.3) is 5.91 Å². The topological polar surface area (TPSA) is 64.6 Å². The Kier molecular flexibility index (Phi) is 5.46. The lowest BCUT2D eigenvalue weighted by Gasteiger charge is -2.18. The predicted octanol–water partition coefficient (Wildman–Crippen LogP) is 3.46. The standard InChI is InChI=1S/C19H17F2NO4/c20-19(21)25-15-10-6-13(7-11-15)18(24)26-16(12-4-2-1-3-5-12)17(23)22-14-8-9-14/h1-7,10-11,14,16,19H,8-9H2,(H,22,23)/t16-/m0/s1. The van der Waals surface area contributed by atoms with E-state index in [4.69, 9.17) is 4.74 Å². The van der Waals surface area contributed by atoms with Crippen LogP contribution in [0.25, 0.3) is 0 Å². The molecule has 0 heterocycles. The molecule has 5 nitrogen and oxygen atoms in total. The molecule has 2 aromatic carbocycles.